The van der Waals surface area contributed by atoms with E-state index in [0.717, 1.165) is 0 Å². The Morgan fingerprint density at radius 3 is 2.25 bits per heavy atom. The topological polar surface area (TPSA) is 108 Å². The predicted molar refractivity (Wildman–Crippen MR) is 115 cm³/mol. The van der Waals surface area contributed by atoms with E-state index < -0.39 is 11.5 Å². The Morgan fingerprint density at radius 2 is 1.66 bits per heavy atom. The van der Waals surface area contributed by atoms with Gasteiger partial charge in [0.1, 0.15) is 5.54 Å². The van der Waals surface area contributed by atoms with Gasteiger partial charge >= 0.3 is 12.1 Å². The van der Waals surface area contributed by atoms with E-state index in [-0.39, 0.29) is 37.2 Å². The summed E-state index contributed by atoms with van der Waals surface area (Å²) in [7, 11) is 0. The molecule has 1 heterocycles. The van der Waals surface area contributed by atoms with Gasteiger partial charge < -0.3 is 19.5 Å². The van der Waals surface area contributed by atoms with Gasteiger partial charge in [-0.25, -0.2) is 4.79 Å². The second kappa shape index (κ2) is 11.1. The van der Waals surface area contributed by atoms with Crippen LogP contribution < -0.4 is 14.8 Å². The molecule has 2 aromatic rings. The lowest BCUT2D eigenvalue weighted by molar-refractivity contribution is -0.191. The van der Waals surface area contributed by atoms with E-state index >= 15 is 0 Å². The van der Waals surface area contributed by atoms with Crippen LogP contribution >= 0.6 is 0 Å². The molecule has 1 aliphatic rings. The highest BCUT2D eigenvalue weighted by Crippen LogP contribution is 2.37. The van der Waals surface area contributed by atoms with E-state index in [1.165, 1.54) is 0 Å². The molecule has 1 N–H and O–H groups in total. The molecule has 0 aromatic heterocycles. The van der Waals surface area contributed by atoms with Gasteiger partial charge in [0.15, 0.2) is 17.3 Å². The van der Waals surface area contributed by atoms with Crippen LogP contribution in [0.2, 0.25) is 0 Å². The lowest BCUT2D eigenvalue weighted by Gasteiger charge is -2.37. The first kappa shape index (κ1) is 24.6. The number of ketones is 1. The number of ether oxygens (including phenoxy) is 3. The van der Waals surface area contributed by atoms with E-state index in [1.807, 2.05) is 32.0 Å². The number of carbonyl (C=O) groups excluding carboxylic acids is 4. The standard InChI is InChI=1S/C23H27NO5.CO2/c1-15(2)23(22(26)29-16(3)4,13-19(25)17-8-6-5-7-9-17)24-18-10-11-20-21(12-18)28-14-27-20;2-1-3/h5-12,15-16,24H,13-14H2,1-4H3;. The Kier molecular flexibility index (Phi) is 8.55. The Labute approximate surface area is 186 Å². The summed E-state index contributed by atoms with van der Waals surface area (Å²) in [6.07, 6.45) is -0.0831. The van der Waals surface area contributed by atoms with Gasteiger partial charge in [0.05, 0.1) is 6.10 Å². The Hall–Kier alpha value is -3.64. The van der Waals surface area contributed by atoms with Gasteiger partial charge in [0.2, 0.25) is 6.79 Å². The average Bonchev–Trinajstić information content (AvgIpc) is 3.21. The van der Waals surface area contributed by atoms with Crippen molar-refractivity contribution in [3.63, 3.8) is 0 Å². The van der Waals surface area contributed by atoms with Crippen LogP contribution in [0, 0.1) is 5.92 Å². The third-order valence-corrected chi connectivity index (χ3v) is 4.97. The second-order valence-corrected chi connectivity index (χ2v) is 7.82. The van der Waals surface area contributed by atoms with Gasteiger partial charge in [0.25, 0.3) is 0 Å². The fourth-order valence-corrected chi connectivity index (χ4v) is 3.28. The van der Waals surface area contributed by atoms with E-state index in [1.54, 1.807) is 44.2 Å². The summed E-state index contributed by atoms with van der Waals surface area (Å²) in [6, 6.07) is 14.3. The third-order valence-electron chi connectivity index (χ3n) is 4.97. The zero-order chi connectivity index (χ0) is 23.7. The Morgan fingerprint density at radius 1 is 1.03 bits per heavy atom. The van der Waals surface area contributed by atoms with Gasteiger partial charge in [-0.05, 0) is 31.9 Å². The maximum Gasteiger partial charge on any atom is 0.373 e. The minimum Gasteiger partial charge on any atom is -0.461 e. The minimum atomic E-state index is -1.23. The number of anilines is 1. The number of carbonyl (C=O) groups is 2. The number of esters is 1. The summed E-state index contributed by atoms with van der Waals surface area (Å²) in [5, 5.41) is 3.30. The normalized spacial score (nSPS) is 13.4. The quantitative estimate of drug-likeness (QED) is 0.486. The van der Waals surface area contributed by atoms with E-state index in [4.69, 9.17) is 23.8 Å². The number of hydrogen-bond donors (Lipinski definition) is 1. The molecule has 0 spiro atoms. The van der Waals surface area contributed by atoms with Crippen molar-refractivity contribution in [1.29, 1.82) is 0 Å². The highest BCUT2D eigenvalue weighted by atomic mass is 16.7. The summed E-state index contributed by atoms with van der Waals surface area (Å²) in [4.78, 5) is 42.5. The van der Waals surface area contributed by atoms with Gasteiger partial charge in [-0.2, -0.15) is 9.59 Å². The molecule has 8 heteroatoms. The van der Waals surface area contributed by atoms with Crippen LogP contribution in [0.5, 0.6) is 11.5 Å². The zero-order valence-electron chi connectivity index (χ0n) is 18.5. The van der Waals surface area contributed by atoms with Gasteiger partial charge in [-0.1, -0.05) is 44.2 Å². The number of benzene rings is 2. The van der Waals surface area contributed by atoms with Crippen molar-refractivity contribution in [2.45, 2.75) is 45.8 Å². The van der Waals surface area contributed by atoms with E-state index in [9.17, 15) is 9.59 Å². The molecular weight excluding hydrogens is 414 g/mol. The largest absolute Gasteiger partial charge is 0.461 e. The molecule has 3 rings (SSSR count). The fourth-order valence-electron chi connectivity index (χ4n) is 3.28. The second-order valence-electron chi connectivity index (χ2n) is 7.82. The molecule has 1 atom stereocenters. The number of hydrogen-bond acceptors (Lipinski definition) is 8. The number of rotatable bonds is 8. The predicted octanol–water partition coefficient (Wildman–Crippen LogP) is 3.86. The van der Waals surface area contributed by atoms with Crippen LogP contribution in [0.3, 0.4) is 0 Å². The molecule has 32 heavy (non-hydrogen) atoms. The summed E-state index contributed by atoms with van der Waals surface area (Å²) in [5.74, 6) is 0.444. The summed E-state index contributed by atoms with van der Waals surface area (Å²) in [5.41, 5.74) is -0.0166. The lowest BCUT2D eigenvalue weighted by Crippen LogP contribution is -2.54. The minimum absolute atomic E-state index is 0.0331. The highest BCUT2D eigenvalue weighted by molar-refractivity contribution is 6.01. The van der Waals surface area contributed by atoms with Crippen molar-refractivity contribution < 1.29 is 33.4 Å². The smallest absolute Gasteiger partial charge is 0.373 e. The van der Waals surface area contributed by atoms with Crippen molar-refractivity contribution in [3.05, 3.63) is 54.1 Å². The fraction of sp³-hybridized carbons (Fsp3) is 0.375. The molecule has 2 aromatic carbocycles. The monoisotopic (exact) mass is 441 g/mol. The SMILES string of the molecule is CC(C)OC(=O)C(CC(=O)c1ccccc1)(Nc1ccc2c(c1)OCO2)C(C)C.O=C=O. The molecule has 1 aliphatic heterocycles. The lowest BCUT2D eigenvalue weighted by atomic mass is 9.80. The van der Waals surface area contributed by atoms with Crippen molar-refractivity contribution in [2.75, 3.05) is 12.1 Å². The molecule has 170 valence electrons. The molecule has 0 saturated heterocycles. The summed E-state index contributed by atoms with van der Waals surface area (Å²) in [6.45, 7) is 7.56. The molecule has 0 radical (unpaired) electrons. The first-order valence-corrected chi connectivity index (χ1v) is 10.2. The first-order valence-electron chi connectivity index (χ1n) is 10.2. The zero-order valence-corrected chi connectivity index (χ0v) is 18.5. The molecule has 0 fully saturated rings. The van der Waals surface area contributed by atoms with Crippen LogP contribution in [0.15, 0.2) is 48.5 Å². The van der Waals surface area contributed by atoms with Crippen molar-refractivity contribution in [3.8, 4) is 11.5 Å². The molecular formula is C24H27NO7. The Balaban J connectivity index is 0.00000114. The van der Waals surface area contributed by atoms with Gasteiger partial charge in [-0.3, -0.25) is 4.79 Å². The van der Waals surface area contributed by atoms with Crippen molar-refractivity contribution in [2.24, 2.45) is 5.92 Å². The van der Waals surface area contributed by atoms with Crippen LogP contribution in [-0.2, 0) is 19.1 Å². The van der Waals surface area contributed by atoms with Crippen LogP contribution in [0.1, 0.15) is 44.5 Å². The van der Waals surface area contributed by atoms with E-state index in [0.29, 0.717) is 22.7 Å². The highest BCUT2D eigenvalue weighted by Gasteiger charge is 2.45. The molecule has 0 amide bonds. The van der Waals surface area contributed by atoms with Crippen molar-refractivity contribution >= 4 is 23.6 Å². The van der Waals surface area contributed by atoms with Crippen LogP contribution in [0.25, 0.3) is 0 Å². The first-order chi connectivity index (χ1) is 15.2. The molecule has 0 saturated carbocycles. The maximum absolute atomic E-state index is 13.2. The van der Waals surface area contributed by atoms with Gasteiger partial charge in [0, 0.05) is 23.7 Å². The van der Waals surface area contributed by atoms with E-state index in [2.05, 4.69) is 5.32 Å². The summed E-state index contributed by atoms with van der Waals surface area (Å²) >= 11 is 0. The molecule has 0 bridgehead atoms. The molecule has 1 unspecified atom stereocenters. The summed E-state index contributed by atoms with van der Waals surface area (Å²) < 4.78 is 16.4. The van der Waals surface area contributed by atoms with Gasteiger partial charge in [-0.15, -0.1) is 0 Å². The number of nitrogens with one attached hydrogen (secondary N) is 1. The average molecular weight is 441 g/mol. The maximum atomic E-state index is 13.2. The number of Topliss-reactive ketones (excluding diaryl/α,β-unsaturated/α-hetero) is 1. The van der Waals surface area contributed by atoms with Crippen molar-refractivity contribution in [1.82, 2.24) is 0 Å². The third kappa shape index (κ3) is 5.95. The van der Waals surface area contributed by atoms with Crippen LogP contribution in [-0.4, -0.2) is 36.3 Å². The van der Waals surface area contributed by atoms with Crippen LogP contribution in [0.4, 0.5) is 5.69 Å². The number of fused-ring (bicyclic) bond motifs is 1. The molecule has 8 nitrogen and oxygen atoms in total. The molecule has 0 aliphatic carbocycles. The Bertz CT molecular complexity index is 966.